The van der Waals surface area contributed by atoms with Crippen LogP contribution in [0.1, 0.15) is 31.4 Å². The van der Waals surface area contributed by atoms with Crippen molar-refractivity contribution in [1.29, 1.82) is 0 Å². The number of ether oxygens (including phenoxy) is 3. The molecule has 0 spiro atoms. The standard InChI is InChI=1S/C15H22O4/c1-4-19-15(10-5-6-10)14(16)12-9-11(17-2)7-8-13(12)18-3/h7-10,14-16H,4-6H2,1-3H3. The van der Waals surface area contributed by atoms with E-state index in [1.807, 2.05) is 25.1 Å². The highest BCUT2D eigenvalue weighted by Gasteiger charge is 2.38. The fourth-order valence-corrected chi connectivity index (χ4v) is 2.35. The zero-order chi connectivity index (χ0) is 13.8. The van der Waals surface area contributed by atoms with Crippen LogP contribution in [0, 0.1) is 5.92 Å². The van der Waals surface area contributed by atoms with Crippen LogP contribution in [0.25, 0.3) is 0 Å². The number of hydrogen-bond acceptors (Lipinski definition) is 4. The highest BCUT2D eigenvalue weighted by atomic mass is 16.5. The van der Waals surface area contributed by atoms with Crippen LogP contribution >= 0.6 is 0 Å². The lowest BCUT2D eigenvalue weighted by atomic mass is 9.99. The molecule has 1 N–H and O–H groups in total. The van der Waals surface area contributed by atoms with E-state index in [0.717, 1.165) is 18.4 Å². The summed E-state index contributed by atoms with van der Waals surface area (Å²) in [5.41, 5.74) is 0.729. The Kier molecular flexibility index (Phi) is 4.66. The van der Waals surface area contributed by atoms with Crippen molar-refractivity contribution in [2.45, 2.75) is 32.0 Å². The summed E-state index contributed by atoms with van der Waals surface area (Å²) in [6.07, 6.45) is 1.39. The Labute approximate surface area is 114 Å². The minimum Gasteiger partial charge on any atom is -0.497 e. The molecule has 1 aliphatic carbocycles. The van der Waals surface area contributed by atoms with Gasteiger partial charge in [-0.1, -0.05) is 0 Å². The molecule has 1 aromatic rings. The lowest BCUT2D eigenvalue weighted by molar-refractivity contribution is -0.0469. The van der Waals surface area contributed by atoms with Crippen molar-refractivity contribution in [2.24, 2.45) is 5.92 Å². The van der Waals surface area contributed by atoms with Gasteiger partial charge in [-0.05, 0) is 43.9 Å². The fourth-order valence-electron chi connectivity index (χ4n) is 2.35. The Morgan fingerprint density at radius 2 is 2.00 bits per heavy atom. The third kappa shape index (κ3) is 3.19. The molecule has 2 rings (SSSR count). The van der Waals surface area contributed by atoms with Crippen LogP contribution in [0.5, 0.6) is 11.5 Å². The number of rotatable bonds is 7. The Hall–Kier alpha value is -1.26. The Balaban J connectivity index is 2.26. The molecule has 0 amide bonds. The predicted octanol–water partition coefficient (Wildman–Crippen LogP) is 2.55. The third-order valence-electron chi connectivity index (χ3n) is 3.51. The van der Waals surface area contributed by atoms with Gasteiger partial charge in [0.15, 0.2) is 0 Å². The van der Waals surface area contributed by atoms with Gasteiger partial charge in [-0.25, -0.2) is 0 Å². The Bertz CT molecular complexity index is 415. The second kappa shape index (κ2) is 6.26. The maximum Gasteiger partial charge on any atom is 0.125 e. The van der Waals surface area contributed by atoms with E-state index in [9.17, 15) is 5.11 Å². The molecule has 0 bridgehead atoms. The van der Waals surface area contributed by atoms with Crippen molar-refractivity contribution < 1.29 is 19.3 Å². The molecule has 0 heterocycles. The first-order valence-corrected chi connectivity index (χ1v) is 6.72. The average Bonchev–Trinajstić information content (AvgIpc) is 3.27. The predicted molar refractivity (Wildman–Crippen MR) is 72.6 cm³/mol. The molecule has 4 heteroatoms. The van der Waals surface area contributed by atoms with Gasteiger partial charge < -0.3 is 19.3 Å². The van der Waals surface area contributed by atoms with Gasteiger partial charge in [0.2, 0.25) is 0 Å². The normalized spacial score (nSPS) is 17.9. The van der Waals surface area contributed by atoms with E-state index in [1.54, 1.807) is 14.2 Å². The molecule has 19 heavy (non-hydrogen) atoms. The van der Waals surface area contributed by atoms with Crippen molar-refractivity contribution in [3.63, 3.8) is 0 Å². The first-order chi connectivity index (χ1) is 9.21. The van der Waals surface area contributed by atoms with Crippen molar-refractivity contribution in [2.75, 3.05) is 20.8 Å². The number of benzene rings is 1. The lowest BCUT2D eigenvalue weighted by Gasteiger charge is -2.24. The van der Waals surface area contributed by atoms with Crippen molar-refractivity contribution in [1.82, 2.24) is 0 Å². The Morgan fingerprint density at radius 3 is 2.53 bits per heavy atom. The molecule has 0 aromatic heterocycles. The van der Waals surface area contributed by atoms with Crippen molar-refractivity contribution >= 4 is 0 Å². The van der Waals surface area contributed by atoms with E-state index in [-0.39, 0.29) is 6.10 Å². The smallest absolute Gasteiger partial charge is 0.125 e. The summed E-state index contributed by atoms with van der Waals surface area (Å²) in [5.74, 6) is 1.82. The zero-order valence-electron chi connectivity index (χ0n) is 11.8. The molecule has 1 aromatic carbocycles. The van der Waals surface area contributed by atoms with Gasteiger partial charge in [0.05, 0.1) is 20.3 Å². The topological polar surface area (TPSA) is 47.9 Å². The molecular weight excluding hydrogens is 244 g/mol. The van der Waals surface area contributed by atoms with Crippen molar-refractivity contribution in [3.05, 3.63) is 23.8 Å². The lowest BCUT2D eigenvalue weighted by Crippen LogP contribution is -2.25. The van der Waals surface area contributed by atoms with Crippen LogP contribution in [-0.4, -0.2) is 32.0 Å². The number of hydrogen-bond donors (Lipinski definition) is 1. The summed E-state index contributed by atoms with van der Waals surface area (Å²) >= 11 is 0. The second-order valence-electron chi connectivity index (χ2n) is 4.81. The molecule has 1 saturated carbocycles. The molecule has 2 atom stereocenters. The van der Waals surface area contributed by atoms with E-state index >= 15 is 0 Å². The van der Waals surface area contributed by atoms with E-state index < -0.39 is 6.10 Å². The third-order valence-corrected chi connectivity index (χ3v) is 3.51. The van der Waals surface area contributed by atoms with Crippen LogP contribution in [-0.2, 0) is 4.74 Å². The average molecular weight is 266 g/mol. The Morgan fingerprint density at radius 1 is 1.26 bits per heavy atom. The van der Waals surface area contributed by atoms with E-state index in [4.69, 9.17) is 14.2 Å². The summed E-state index contributed by atoms with van der Waals surface area (Å²) in [6.45, 7) is 2.55. The van der Waals surface area contributed by atoms with Gasteiger partial charge in [0, 0.05) is 12.2 Å². The van der Waals surface area contributed by atoms with Crippen LogP contribution in [0.3, 0.4) is 0 Å². The summed E-state index contributed by atoms with van der Waals surface area (Å²) < 4.78 is 16.2. The first-order valence-electron chi connectivity index (χ1n) is 6.72. The summed E-state index contributed by atoms with van der Waals surface area (Å²) in [6, 6.07) is 5.45. The van der Waals surface area contributed by atoms with Gasteiger partial charge >= 0.3 is 0 Å². The molecule has 2 unspecified atom stereocenters. The maximum atomic E-state index is 10.6. The van der Waals surface area contributed by atoms with Crippen LogP contribution in [0.2, 0.25) is 0 Å². The van der Waals surface area contributed by atoms with E-state index in [1.165, 1.54) is 0 Å². The summed E-state index contributed by atoms with van der Waals surface area (Å²) in [5, 5.41) is 10.6. The monoisotopic (exact) mass is 266 g/mol. The fraction of sp³-hybridized carbons (Fsp3) is 0.600. The van der Waals surface area contributed by atoms with Crippen molar-refractivity contribution in [3.8, 4) is 11.5 Å². The van der Waals surface area contributed by atoms with Crippen LogP contribution in [0.4, 0.5) is 0 Å². The van der Waals surface area contributed by atoms with Gasteiger partial charge in [-0.2, -0.15) is 0 Å². The maximum absolute atomic E-state index is 10.6. The summed E-state index contributed by atoms with van der Waals surface area (Å²) in [4.78, 5) is 0. The number of aliphatic hydroxyl groups is 1. The number of methoxy groups -OCH3 is 2. The molecule has 0 radical (unpaired) electrons. The minimum absolute atomic E-state index is 0.161. The molecule has 1 fully saturated rings. The first kappa shape index (κ1) is 14.2. The van der Waals surface area contributed by atoms with Crippen LogP contribution < -0.4 is 9.47 Å². The highest BCUT2D eigenvalue weighted by molar-refractivity contribution is 5.42. The van der Waals surface area contributed by atoms with Crippen LogP contribution in [0.15, 0.2) is 18.2 Å². The molecular formula is C15H22O4. The molecule has 0 aliphatic heterocycles. The molecule has 106 valence electrons. The van der Waals surface area contributed by atoms with Gasteiger partial charge in [0.1, 0.15) is 17.6 Å². The SMILES string of the molecule is CCOC(C1CC1)C(O)c1cc(OC)ccc1OC. The van der Waals surface area contributed by atoms with E-state index in [0.29, 0.717) is 24.0 Å². The molecule has 4 nitrogen and oxygen atoms in total. The van der Waals surface area contributed by atoms with Gasteiger partial charge in [-0.15, -0.1) is 0 Å². The van der Waals surface area contributed by atoms with E-state index in [2.05, 4.69) is 0 Å². The molecule has 0 saturated heterocycles. The zero-order valence-corrected chi connectivity index (χ0v) is 11.8. The number of aliphatic hydroxyl groups excluding tert-OH is 1. The second-order valence-corrected chi connectivity index (χ2v) is 4.81. The largest absolute Gasteiger partial charge is 0.497 e. The van der Waals surface area contributed by atoms with Gasteiger partial charge in [-0.3, -0.25) is 0 Å². The highest BCUT2D eigenvalue weighted by Crippen LogP contribution is 2.42. The quantitative estimate of drug-likeness (QED) is 0.824. The minimum atomic E-state index is -0.683. The molecule has 1 aliphatic rings. The van der Waals surface area contributed by atoms with Gasteiger partial charge in [0.25, 0.3) is 0 Å². The summed E-state index contributed by atoms with van der Waals surface area (Å²) in [7, 11) is 3.21.